The summed E-state index contributed by atoms with van der Waals surface area (Å²) in [4.78, 5) is 12.2. The lowest BCUT2D eigenvalue weighted by Crippen LogP contribution is -2.38. The van der Waals surface area contributed by atoms with E-state index in [0.717, 1.165) is 18.4 Å². The largest absolute Gasteiger partial charge is 0.352 e. The van der Waals surface area contributed by atoms with Crippen LogP contribution < -0.4 is 11.1 Å². The first kappa shape index (κ1) is 18.9. The zero-order valence-corrected chi connectivity index (χ0v) is 14.0. The number of rotatable bonds is 5. The van der Waals surface area contributed by atoms with Gasteiger partial charge in [0.25, 0.3) is 0 Å². The van der Waals surface area contributed by atoms with Gasteiger partial charge in [-0.15, -0.1) is 12.4 Å². The molecule has 1 saturated carbocycles. The van der Waals surface area contributed by atoms with Gasteiger partial charge in [0.15, 0.2) is 0 Å². The number of carbonyl (C=O) groups excluding carboxylic acids is 1. The Morgan fingerprint density at radius 1 is 1.32 bits per heavy atom. The molecule has 0 saturated heterocycles. The molecule has 3 nitrogen and oxygen atoms in total. The second-order valence-corrected chi connectivity index (χ2v) is 6.30. The van der Waals surface area contributed by atoms with Crippen LogP contribution in [0.15, 0.2) is 18.2 Å². The van der Waals surface area contributed by atoms with Crippen LogP contribution in [0.4, 0.5) is 4.39 Å². The smallest absolute Gasteiger partial charge is 0.220 e. The van der Waals surface area contributed by atoms with Crippen LogP contribution in [0.2, 0.25) is 0 Å². The van der Waals surface area contributed by atoms with E-state index >= 15 is 0 Å². The van der Waals surface area contributed by atoms with Crippen molar-refractivity contribution in [1.29, 1.82) is 0 Å². The first-order valence-electron chi connectivity index (χ1n) is 7.76. The van der Waals surface area contributed by atoms with Gasteiger partial charge in [-0.3, -0.25) is 4.79 Å². The molecule has 1 aromatic rings. The van der Waals surface area contributed by atoms with Crippen molar-refractivity contribution in [2.75, 3.05) is 6.54 Å². The molecule has 1 aliphatic rings. The Balaban J connectivity index is 0.00000242. The second kappa shape index (κ2) is 8.49. The summed E-state index contributed by atoms with van der Waals surface area (Å²) in [6.07, 6.45) is 6.18. The molecular formula is C17H26ClFN2O. The number of amides is 1. The van der Waals surface area contributed by atoms with Crippen molar-refractivity contribution in [3.8, 4) is 0 Å². The van der Waals surface area contributed by atoms with E-state index < -0.39 is 0 Å². The maximum atomic E-state index is 13.2. The van der Waals surface area contributed by atoms with Gasteiger partial charge in [0.2, 0.25) is 5.91 Å². The lowest BCUT2D eigenvalue weighted by atomic mass is 9.71. The first-order chi connectivity index (χ1) is 10.0. The van der Waals surface area contributed by atoms with E-state index in [0.29, 0.717) is 25.1 Å². The van der Waals surface area contributed by atoms with Crippen LogP contribution in [0.1, 0.15) is 49.7 Å². The van der Waals surface area contributed by atoms with Crippen molar-refractivity contribution in [2.24, 2.45) is 11.1 Å². The number of hydrogen-bond donors (Lipinski definition) is 2. The Hall–Kier alpha value is -1.13. The predicted octanol–water partition coefficient (Wildman–Crippen LogP) is 3.47. The average molecular weight is 329 g/mol. The Morgan fingerprint density at radius 2 is 2.00 bits per heavy atom. The molecule has 2 rings (SSSR count). The van der Waals surface area contributed by atoms with Gasteiger partial charge in [-0.25, -0.2) is 4.39 Å². The number of hydrogen-bond acceptors (Lipinski definition) is 2. The minimum Gasteiger partial charge on any atom is -0.352 e. The molecule has 124 valence electrons. The molecule has 1 amide bonds. The van der Waals surface area contributed by atoms with Gasteiger partial charge in [0.1, 0.15) is 5.82 Å². The van der Waals surface area contributed by atoms with Crippen LogP contribution in [-0.2, 0) is 11.3 Å². The Labute approximate surface area is 138 Å². The summed E-state index contributed by atoms with van der Waals surface area (Å²) in [5.41, 5.74) is 7.42. The quantitative estimate of drug-likeness (QED) is 0.869. The van der Waals surface area contributed by atoms with E-state index in [2.05, 4.69) is 5.32 Å². The lowest BCUT2D eigenvalue weighted by molar-refractivity contribution is -0.124. The van der Waals surface area contributed by atoms with Crippen molar-refractivity contribution in [3.05, 3.63) is 35.1 Å². The molecule has 0 heterocycles. The minimum absolute atomic E-state index is 0. The molecule has 0 spiro atoms. The fourth-order valence-corrected chi connectivity index (χ4v) is 3.18. The molecule has 0 radical (unpaired) electrons. The summed E-state index contributed by atoms with van der Waals surface area (Å²) in [5.74, 6) is -0.168. The summed E-state index contributed by atoms with van der Waals surface area (Å²) < 4.78 is 13.2. The van der Waals surface area contributed by atoms with Crippen LogP contribution in [0.5, 0.6) is 0 Å². The predicted molar refractivity (Wildman–Crippen MR) is 89.4 cm³/mol. The van der Waals surface area contributed by atoms with E-state index in [1.807, 2.05) is 0 Å². The third kappa shape index (κ3) is 4.96. The lowest BCUT2D eigenvalue weighted by Gasteiger charge is -2.35. The van der Waals surface area contributed by atoms with Gasteiger partial charge in [0, 0.05) is 13.0 Å². The highest BCUT2D eigenvalue weighted by Gasteiger charge is 2.32. The molecule has 1 fully saturated rings. The summed E-state index contributed by atoms with van der Waals surface area (Å²) >= 11 is 0. The third-order valence-corrected chi connectivity index (χ3v) is 4.59. The number of carbonyl (C=O) groups is 1. The number of nitrogens with two attached hydrogens (primary N) is 1. The zero-order chi connectivity index (χ0) is 15.3. The van der Waals surface area contributed by atoms with Gasteiger partial charge in [-0.2, -0.15) is 0 Å². The van der Waals surface area contributed by atoms with Crippen molar-refractivity contribution >= 4 is 18.3 Å². The molecule has 5 heteroatoms. The summed E-state index contributed by atoms with van der Waals surface area (Å²) in [6.45, 7) is 2.75. The van der Waals surface area contributed by atoms with Crippen LogP contribution >= 0.6 is 12.4 Å². The Bertz CT molecular complexity index is 501. The molecular weight excluding hydrogens is 303 g/mol. The molecule has 22 heavy (non-hydrogen) atoms. The summed E-state index contributed by atoms with van der Waals surface area (Å²) in [5, 5.41) is 2.94. The van der Waals surface area contributed by atoms with Crippen molar-refractivity contribution in [1.82, 2.24) is 5.32 Å². The van der Waals surface area contributed by atoms with Gasteiger partial charge in [-0.1, -0.05) is 31.4 Å². The monoisotopic (exact) mass is 328 g/mol. The Kier molecular flexibility index (Phi) is 7.30. The number of benzene rings is 1. The molecule has 0 unspecified atom stereocenters. The van der Waals surface area contributed by atoms with Gasteiger partial charge in [0.05, 0.1) is 0 Å². The molecule has 3 N–H and O–H groups in total. The minimum atomic E-state index is -0.214. The van der Waals surface area contributed by atoms with Crippen LogP contribution in [0.25, 0.3) is 0 Å². The third-order valence-electron chi connectivity index (χ3n) is 4.59. The molecule has 0 aliphatic heterocycles. The van der Waals surface area contributed by atoms with Gasteiger partial charge in [-0.05, 0) is 48.9 Å². The van der Waals surface area contributed by atoms with Crippen molar-refractivity contribution < 1.29 is 9.18 Å². The maximum Gasteiger partial charge on any atom is 0.220 e. The number of aryl methyl sites for hydroxylation is 1. The summed E-state index contributed by atoms with van der Waals surface area (Å²) in [6, 6.07) is 4.93. The van der Waals surface area contributed by atoms with Gasteiger partial charge >= 0.3 is 0 Å². The van der Waals surface area contributed by atoms with Crippen LogP contribution in [0.3, 0.4) is 0 Å². The van der Waals surface area contributed by atoms with Crippen LogP contribution in [-0.4, -0.2) is 12.5 Å². The van der Waals surface area contributed by atoms with Crippen LogP contribution in [0, 0.1) is 18.2 Å². The second-order valence-electron chi connectivity index (χ2n) is 6.30. The van der Waals surface area contributed by atoms with Crippen molar-refractivity contribution in [3.63, 3.8) is 0 Å². The molecule has 1 aliphatic carbocycles. The van der Waals surface area contributed by atoms with E-state index in [-0.39, 0.29) is 29.5 Å². The average Bonchev–Trinajstić information content (AvgIpc) is 2.49. The fourth-order valence-electron chi connectivity index (χ4n) is 3.18. The van der Waals surface area contributed by atoms with E-state index in [9.17, 15) is 9.18 Å². The maximum absolute atomic E-state index is 13.2. The highest BCUT2D eigenvalue weighted by molar-refractivity contribution is 5.85. The standard InChI is InChI=1S/C17H25FN2O.ClH/c1-13-9-14(5-6-15(13)18)11-20-16(21)10-17(12-19)7-3-2-4-8-17;/h5-6,9H,2-4,7-8,10-12,19H2,1H3,(H,20,21);1H. The van der Waals surface area contributed by atoms with Gasteiger partial charge < -0.3 is 11.1 Å². The highest BCUT2D eigenvalue weighted by Crippen LogP contribution is 2.38. The molecule has 0 atom stereocenters. The number of halogens is 2. The number of nitrogens with one attached hydrogen (secondary N) is 1. The SMILES string of the molecule is Cc1cc(CNC(=O)CC2(CN)CCCCC2)ccc1F.Cl. The van der Waals surface area contributed by atoms with E-state index in [1.54, 1.807) is 19.1 Å². The molecule has 0 bridgehead atoms. The Morgan fingerprint density at radius 3 is 2.59 bits per heavy atom. The highest BCUT2D eigenvalue weighted by atomic mass is 35.5. The zero-order valence-electron chi connectivity index (χ0n) is 13.2. The molecule has 0 aromatic heterocycles. The fraction of sp³-hybridized carbons (Fsp3) is 0.588. The topological polar surface area (TPSA) is 55.1 Å². The van der Waals surface area contributed by atoms with E-state index in [1.165, 1.54) is 25.3 Å². The van der Waals surface area contributed by atoms with Crippen molar-refractivity contribution in [2.45, 2.75) is 52.0 Å². The first-order valence-corrected chi connectivity index (χ1v) is 7.76. The molecule has 1 aromatic carbocycles. The van der Waals surface area contributed by atoms with E-state index in [4.69, 9.17) is 5.73 Å². The normalized spacial score (nSPS) is 16.7. The summed E-state index contributed by atoms with van der Waals surface area (Å²) in [7, 11) is 0.